The van der Waals surface area contributed by atoms with Crippen LogP contribution in [-0.2, 0) is 6.54 Å². The van der Waals surface area contributed by atoms with Gasteiger partial charge in [0.1, 0.15) is 11.5 Å². The van der Waals surface area contributed by atoms with Crippen molar-refractivity contribution in [2.75, 3.05) is 24.9 Å². The summed E-state index contributed by atoms with van der Waals surface area (Å²) >= 11 is 0. The number of anilines is 2. The van der Waals surface area contributed by atoms with E-state index in [1.807, 2.05) is 49.4 Å². The van der Waals surface area contributed by atoms with Gasteiger partial charge in [-0.15, -0.1) is 0 Å². The average Bonchev–Trinajstić information content (AvgIpc) is 2.73. The van der Waals surface area contributed by atoms with E-state index in [-0.39, 0.29) is 5.91 Å². The molecule has 2 aromatic carbocycles. The van der Waals surface area contributed by atoms with Crippen LogP contribution in [0.4, 0.5) is 11.4 Å². The van der Waals surface area contributed by atoms with Crippen molar-refractivity contribution in [2.24, 2.45) is 0 Å². The lowest BCUT2D eigenvalue weighted by Gasteiger charge is -2.12. The normalized spacial score (nSPS) is 10.2. The van der Waals surface area contributed by atoms with Crippen LogP contribution in [0.1, 0.15) is 21.5 Å². The van der Waals surface area contributed by atoms with E-state index >= 15 is 0 Å². The molecule has 0 saturated carbocycles. The van der Waals surface area contributed by atoms with Crippen LogP contribution in [0.15, 0.2) is 60.9 Å². The van der Waals surface area contributed by atoms with Gasteiger partial charge in [0.15, 0.2) is 0 Å². The second kappa shape index (κ2) is 8.90. The fraction of sp³-hybridized carbons (Fsp3) is 0.182. The molecule has 144 valence electrons. The van der Waals surface area contributed by atoms with E-state index in [1.54, 1.807) is 26.5 Å². The molecule has 0 atom stereocenters. The Morgan fingerprint density at radius 3 is 2.50 bits per heavy atom. The lowest BCUT2D eigenvalue weighted by molar-refractivity contribution is 0.102. The van der Waals surface area contributed by atoms with Gasteiger partial charge in [0.2, 0.25) is 0 Å². The van der Waals surface area contributed by atoms with Gasteiger partial charge in [-0.1, -0.05) is 18.2 Å². The smallest absolute Gasteiger partial charge is 0.257 e. The average molecular weight is 377 g/mol. The molecule has 6 nitrogen and oxygen atoms in total. The first kappa shape index (κ1) is 19.2. The molecule has 1 amide bonds. The molecule has 0 aliphatic rings. The Hall–Kier alpha value is -3.54. The molecule has 1 heterocycles. The van der Waals surface area contributed by atoms with Crippen molar-refractivity contribution in [1.29, 1.82) is 0 Å². The first-order valence-corrected chi connectivity index (χ1v) is 8.87. The molecule has 0 aliphatic carbocycles. The van der Waals surface area contributed by atoms with Crippen molar-refractivity contribution in [3.8, 4) is 11.5 Å². The van der Waals surface area contributed by atoms with Crippen molar-refractivity contribution < 1.29 is 14.3 Å². The van der Waals surface area contributed by atoms with Crippen LogP contribution in [0, 0.1) is 6.92 Å². The Kier molecular flexibility index (Phi) is 6.11. The number of rotatable bonds is 7. The summed E-state index contributed by atoms with van der Waals surface area (Å²) in [6.45, 7) is 2.57. The number of pyridine rings is 1. The maximum absolute atomic E-state index is 12.6. The molecule has 2 N–H and O–H groups in total. The fourth-order valence-corrected chi connectivity index (χ4v) is 2.72. The zero-order valence-corrected chi connectivity index (χ0v) is 16.2. The number of methoxy groups -OCH3 is 2. The maximum Gasteiger partial charge on any atom is 0.257 e. The van der Waals surface area contributed by atoms with Crippen molar-refractivity contribution in [2.45, 2.75) is 13.5 Å². The minimum atomic E-state index is -0.246. The molecule has 0 spiro atoms. The molecular formula is C22H23N3O3. The van der Waals surface area contributed by atoms with Gasteiger partial charge in [-0.25, -0.2) is 0 Å². The number of carbonyl (C=O) groups excluding carboxylic acids is 1. The minimum absolute atomic E-state index is 0.246. The highest BCUT2D eigenvalue weighted by Gasteiger charge is 2.11. The van der Waals surface area contributed by atoms with E-state index in [2.05, 4.69) is 15.6 Å². The van der Waals surface area contributed by atoms with E-state index in [1.165, 1.54) is 6.20 Å². The van der Waals surface area contributed by atoms with Crippen LogP contribution >= 0.6 is 0 Å². The lowest BCUT2D eigenvalue weighted by Crippen LogP contribution is -2.13. The van der Waals surface area contributed by atoms with Crippen LogP contribution in [0.25, 0.3) is 0 Å². The van der Waals surface area contributed by atoms with Crippen LogP contribution < -0.4 is 20.1 Å². The molecule has 0 radical (unpaired) electrons. The molecule has 3 aromatic rings. The topological polar surface area (TPSA) is 72.5 Å². The molecule has 0 saturated heterocycles. The number of carbonyl (C=O) groups is 1. The summed E-state index contributed by atoms with van der Waals surface area (Å²) in [5, 5.41) is 6.17. The molecule has 6 heteroatoms. The summed E-state index contributed by atoms with van der Waals surface area (Å²) in [6, 6.07) is 15.2. The predicted octanol–water partition coefficient (Wildman–Crippen LogP) is 4.27. The highest BCUT2D eigenvalue weighted by atomic mass is 16.5. The lowest BCUT2D eigenvalue weighted by atomic mass is 10.2. The summed E-state index contributed by atoms with van der Waals surface area (Å²) in [5.74, 6) is 1.18. The van der Waals surface area contributed by atoms with E-state index in [9.17, 15) is 4.79 Å². The quantitative estimate of drug-likeness (QED) is 0.643. The van der Waals surface area contributed by atoms with Gasteiger partial charge >= 0.3 is 0 Å². The Morgan fingerprint density at radius 1 is 1.00 bits per heavy atom. The second-order valence-electron chi connectivity index (χ2n) is 6.32. The first-order valence-electron chi connectivity index (χ1n) is 8.87. The zero-order valence-electron chi connectivity index (χ0n) is 16.2. The van der Waals surface area contributed by atoms with Gasteiger partial charge in [0.25, 0.3) is 5.91 Å². The number of ether oxygens (including phenoxy) is 2. The highest BCUT2D eigenvalue weighted by molar-refractivity contribution is 6.05. The maximum atomic E-state index is 12.6. The summed E-state index contributed by atoms with van der Waals surface area (Å²) in [6.07, 6.45) is 3.23. The minimum Gasteiger partial charge on any atom is -0.497 e. The number of nitrogens with one attached hydrogen (secondary N) is 2. The van der Waals surface area contributed by atoms with Crippen molar-refractivity contribution in [3.05, 3.63) is 77.6 Å². The number of amides is 1. The van der Waals surface area contributed by atoms with E-state index < -0.39 is 0 Å². The molecule has 0 bridgehead atoms. The van der Waals surface area contributed by atoms with Crippen LogP contribution in [0.2, 0.25) is 0 Å². The van der Waals surface area contributed by atoms with Crippen molar-refractivity contribution in [1.82, 2.24) is 4.98 Å². The molecule has 28 heavy (non-hydrogen) atoms. The third-order valence-electron chi connectivity index (χ3n) is 4.26. The molecule has 0 fully saturated rings. The third kappa shape index (κ3) is 4.79. The summed E-state index contributed by atoms with van der Waals surface area (Å²) in [7, 11) is 3.22. The van der Waals surface area contributed by atoms with Crippen LogP contribution in [0.5, 0.6) is 11.5 Å². The van der Waals surface area contributed by atoms with E-state index in [0.29, 0.717) is 23.5 Å². The predicted molar refractivity (Wildman–Crippen MR) is 110 cm³/mol. The monoisotopic (exact) mass is 377 g/mol. The fourth-order valence-electron chi connectivity index (χ4n) is 2.72. The number of nitrogens with zero attached hydrogens (tertiary/aromatic N) is 1. The second-order valence-corrected chi connectivity index (χ2v) is 6.32. The first-order chi connectivity index (χ1) is 13.6. The van der Waals surface area contributed by atoms with Crippen LogP contribution in [-0.4, -0.2) is 25.1 Å². The van der Waals surface area contributed by atoms with Crippen molar-refractivity contribution >= 4 is 17.3 Å². The highest BCUT2D eigenvalue weighted by Crippen LogP contribution is 2.26. The summed E-state index contributed by atoms with van der Waals surface area (Å²) in [5.41, 5.74) is 3.98. The standard InChI is InChI=1S/C22H23N3O3/c1-15-4-9-21(28-3)20(10-15)25-22(26)17-11-18(14-23-13-17)24-12-16-5-7-19(27-2)8-6-16/h4-11,13-14,24H,12H2,1-3H3,(H,25,26). The van der Waals surface area contributed by atoms with Gasteiger partial charge in [0, 0.05) is 18.9 Å². The third-order valence-corrected chi connectivity index (χ3v) is 4.26. The molecular weight excluding hydrogens is 354 g/mol. The van der Waals surface area contributed by atoms with Crippen molar-refractivity contribution in [3.63, 3.8) is 0 Å². The molecule has 0 unspecified atom stereocenters. The molecule has 1 aromatic heterocycles. The Bertz CT molecular complexity index is 955. The van der Waals surface area contributed by atoms with Gasteiger partial charge in [-0.2, -0.15) is 0 Å². The number of benzene rings is 2. The number of hydrogen-bond donors (Lipinski definition) is 2. The zero-order chi connectivity index (χ0) is 19.9. The number of aryl methyl sites for hydroxylation is 1. The van der Waals surface area contributed by atoms with Gasteiger partial charge in [-0.05, 0) is 48.4 Å². The largest absolute Gasteiger partial charge is 0.497 e. The SMILES string of the molecule is COc1ccc(CNc2cncc(C(=O)Nc3cc(C)ccc3OC)c2)cc1. The van der Waals surface area contributed by atoms with Gasteiger partial charge < -0.3 is 20.1 Å². The summed E-state index contributed by atoms with van der Waals surface area (Å²) < 4.78 is 10.5. The number of hydrogen-bond acceptors (Lipinski definition) is 5. The van der Waals surface area contributed by atoms with E-state index in [0.717, 1.165) is 22.6 Å². The molecule has 0 aliphatic heterocycles. The Labute approximate surface area is 164 Å². The summed E-state index contributed by atoms with van der Waals surface area (Å²) in [4.78, 5) is 16.8. The molecule has 3 rings (SSSR count). The van der Waals surface area contributed by atoms with Crippen LogP contribution in [0.3, 0.4) is 0 Å². The van der Waals surface area contributed by atoms with Gasteiger partial charge in [0.05, 0.1) is 31.2 Å². The van der Waals surface area contributed by atoms with E-state index in [4.69, 9.17) is 9.47 Å². The Balaban J connectivity index is 1.68. The van der Waals surface area contributed by atoms with Gasteiger partial charge in [-0.3, -0.25) is 9.78 Å². The number of aromatic nitrogens is 1. The Morgan fingerprint density at radius 2 is 1.79 bits per heavy atom.